The van der Waals surface area contributed by atoms with Crippen molar-refractivity contribution in [2.45, 2.75) is 19.6 Å². The number of carbonyl (C=O) groups excluding carboxylic acids is 1. The normalized spacial score (nSPS) is 10.6. The maximum Gasteiger partial charge on any atom is 0.247 e. The molecular formula is C19H19N3O2S. The van der Waals surface area contributed by atoms with Gasteiger partial charge in [-0.3, -0.25) is 4.79 Å². The van der Waals surface area contributed by atoms with E-state index in [1.54, 1.807) is 11.8 Å². The number of amides is 1. The first-order valence-corrected chi connectivity index (χ1v) is 9.07. The number of anilines is 1. The molecule has 0 aliphatic carbocycles. The van der Waals surface area contributed by atoms with Gasteiger partial charge in [0.25, 0.3) is 0 Å². The molecular weight excluding hydrogens is 334 g/mol. The Morgan fingerprint density at radius 2 is 1.96 bits per heavy atom. The Balaban J connectivity index is 1.57. The molecule has 1 N–H and O–H groups in total. The molecule has 2 aromatic carbocycles. The van der Waals surface area contributed by atoms with Gasteiger partial charge < -0.3 is 9.73 Å². The van der Waals surface area contributed by atoms with Gasteiger partial charge in [0.2, 0.25) is 18.2 Å². The second-order valence-electron chi connectivity index (χ2n) is 5.80. The van der Waals surface area contributed by atoms with Crippen LogP contribution in [0.15, 0.2) is 53.3 Å². The fourth-order valence-electron chi connectivity index (χ4n) is 2.32. The number of hydrogen-bond acceptors (Lipinski definition) is 5. The third-order valence-electron chi connectivity index (χ3n) is 3.74. The standard InChI is InChI=1S/C19H19N3O2S/c1-13-3-6-15(7-4-13)10-25-11-18(23)21-17-9-16(8-5-14(17)2)19-22-20-12-24-19/h3-9,12H,10-11H2,1-2H3,(H,21,23). The highest BCUT2D eigenvalue weighted by atomic mass is 32.2. The predicted octanol–water partition coefficient (Wildman–Crippen LogP) is 4.23. The highest BCUT2D eigenvalue weighted by molar-refractivity contribution is 7.99. The molecule has 0 aliphatic rings. The smallest absolute Gasteiger partial charge is 0.247 e. The summed E-state index contributed by atoms with van der Waals surface area (Å²) in [6.07, 6.45) is 1.29. The summed E-state index contributed by atoms with van der Waals surface area (Å²) < 4.78 is 5.20. The van der Waals surface area contributed by atoms with Gasteiger partial charge in [0, 0.05) is 17.0 Å². The van der Waals surface area contributed by atoms with Crippen LogP contribution in [-0.2, 0) is 10.5 Å². The molecule has 0 spiro atoms. The number of aromatic nitrogens is 2. The van der Waals surface area contributed by atoms with Crippen molar-refractivity contribution in [3.63, 3.8) is 0 Å². The van der Waals surface area contributed by atoms with Crippen molar-refractivity contribution in [2.75, 3.05) is 11.1 Å². The molecule has 0 fully saturated rings. The molecule has 0 saturated heterocycles. The van der Waals surface area contributed by atoms with Gasteiger partial charge in [0.1, 0.15) is 0 Å². The number of carbonyl (C=O) groups is 1. The highest BCUT2D eigenvalue weighted by Crippen LogP contribution is 2.24. The summed E-state index contributed by atoms with van der Waals surface area (Å²) in [6.45, 7) is 4.02. The van der Waals surface area contributed by atoms with E-state index in [0.29, 0.717) is 11.6 Å². The molecule has 0 saturated carbocycles. The van der Waals surface area contributed by atoms with Gasteiger partial charge in [-0.15, -0.1) is 22.0 Å². The van der Waals surface area contributed by atoms with Crippen LogP contribution < -0.4 is 5.32 Å². The van der Waals surface area contributed by atoms with E-state index in [0.717, 1.165) is 22.6 Å². The maximum absolute atomic E-state index is 12.2. The SMILES string of the molecule is Cc1ccc(CSCC(=O)Nc2cc(-c3nnco3)ccc2C)cc1. The molecule has 1 amide bonds. The summed E-state index contributed by atoms with van der Waals surface area (Å²) in [6, 6.07) is 14.0. The first-order chi connectivity index (χ1) is 12.1. The van der Waals surface area contributed by atoms with Crippen molar-refractivity contribution in [1.82, 2.24) is 10.2 Å². The molecule has 128 valence electrons. The van der Waals surface area contributed by atoms with Gasteiger partial charge in [0.15, 0.2) is 0 Å². The largest absolute Gasteiger partial charge is 0.423 e. The first-order valence-electron chi connectivity index (χ1n) is 7.92. The number of nitrogens with one attached hydrogen (secondary N) is 1. The molecule has 5 nitrogen and oxygen atoms in total. The summed E-state index contributed by atoms with van der Waals surface area (Å²) >= 11 is 1.59. The lowest BCUT2D eigenvalue weighted by Gasteiger charge is -2.09. The molecule has 3 rings (SSSR count). The number of thioether (sulfide) groups is 1. The second kappa shape index (κ2) is 7.98. The molecule has 0 bridgehead atoms. The van der Waals surface area contributed by atoms with Gasteiger partial charge in [-0.25, -0.2) is 0 Å². The van der Waals surface area contributed by atoms with Crippen LogP contribution >= 0.6 is 11.8 Å². The number of nitrogens with zero attached hydrogens (tertiary/aromatic N) is 2. The molecule has 1 aromatic heterocycles. The van der Waals surface area contributed by atoms with E-state index in [9.17, 15) is 4.79 Å². The van der Waals surface area contributed by atoms with Gasteiger partial charge in [0.05, 0.1) is 5.75 Å². The van der Waals surface area contributed by atoms with E-state index in [4.69, 9.17) is 4.42 Å². The van der Waals surface area contributed by atoms with Crippen molar-refractivity contribution >= 4 is 23.4 Å². The Kier molecular flexibility index (Phi) is 5.50. The maximum atomic E-state index is 12.2. The number of hydrogen-bond donors (Lipinski definition) is 1. The van der Waals surface area contributed by atoms with E-state index < -0.39 is 0 Å². The number of rotatable bonds is 6. The minimum Gasteiger partial charge on any atom is -0.423 e. The van der Waals surface area contributed by atoms with E-state index in [-0.39, 0.29) is 5.91 Å². The summed E-state index contributed by atoms with van der Waals surface area (Å²) in [7, 11) is 0. The van der Waals surface area contributed by atoms with Crippen LogP contribution in [0, 0.1) is 13.8 Å². The lowest BCUT2D eigenvalue weighted by atomic mass is 10.1. The topological polar surface area (TPSA) is 68.0 Å². The Morgan fingerprint density at radius 1 is 1.16 bits per heavy atom. The second-order valence-corrected chi connectivity index (χ2v) is 6.79. The first kappa shape index (κ1) is 17.2. The molecule has 0 aliphatic heterocycles. The Hall–Kier alpha value is -2.60. The minimum atomic E-state index is -0.0251. The van der Waals surface area contributed by atoms with Crippen molar-refractivity contribution in [3.8, 4) is 11.5 Å². The summed E-state index contributed by atoms with van der Waals surface area (Å²) in [5.41, 5.74) is 4.99. The molecule has 3 aromatic rings. The van der Waals surface area contributed by atoms with Gasteiger partial charge in [-0.2, -0.15) is 0 Å². The van der Waals surface area contributed by atoms with E-state index in [2.05, 4.69) is 46.7 Å². The third kappa shape index (κ3) is 4.70. The Bertz CT molecular complexity index is 846. The Labute approximate surface area is 150 Å². The van der Waals surface area contributed by atoms with Crippen LogP contribution in [0.2, 0.25) is 0 Å². The van der Waals surface area contributed by atoms with Crippen LogP contribution in [0.5, 0.6) is 0 Å². The summed E-state index contributed by atoms with van der Waals surface area (Å²) in [5.74, 6) is 1.62. The highest BCUT2D eigenvalue weighted by Gasteiger charge is 2.09. The zero-order valence-corrected chi connectivity index (χ0v) is 15.0. The van der Waals surface area contributed by atoms with Crippen LogP contribution in [0.4, 0.5) is 5.69 Å². The van der Waals surface area contributed by atoms with Crippen LogP contribution in [-0.4, -0.2) is 21.9 Å². The Morgan fingerprint density at radius 3 is 2.68 bits per heavy atom. The summed E-state index contributed by atoms with van der Waals surface area (Å²) in [4.78, 5) is 12.2. The fraction of sp³-hybridized carbons (Fsp3) is 0.211. The van der Waals surface area contributed by atoms with E-state index >= 15 is 0 Å². The summed E-state index contributed by atoms with van der Waals surface area (Å²) in [5, 5.41) is 10.5. The van der Waals surface area contributed by atoms with Crippen molar-refractivity contribution in [2.24, 2.45) is 0 Å². The lowest BCUT2D eigenvalue weighted by molar-refractivity contribution is -0.113. The number of benzene rings is 2. The third-order valence-corrected chi connectivity index (χ3v) is 4.74. The molecule has 0 radical (unpaired) electrons. The minimum absolute atomic E-state index is 0.0251. The quantitative estimate of drug-likeness (QED) is 0.718. The predicted molar refractivity (Wildman–Crippen MR) is 100 cm³/mol. The average Bonchev–Trinajstić information content (AvgIpc) is 3.13. The molecule has 0 atom stereocenters. The van der Waals surface area contributed by atoms with Gasteiger partial charge in [-0.05, 0) is 37.1 Å². The average molecular weight is 353 g/mol. The van der Waals surface area contributed by atoms with Crippen LogP contribution in [0.25, 0.3) is 11.5 Å². The zero-order chi connectivity index (χ0) is 17.6. The van der Waals surface area contributed by atoms with Crippen molar-refractivity contribution in [1.29, 1.82) is 0 Å². The van der Waals surface area contributed by atoms with Crippen LogP contribution in [0.1, 0.15) is 16.7 Å². The molecule has 25 heavy (non-hydrogen) atoms. The van der Waals surface area contributed by atoms with Crippen LogP contribution in [0.3, 0.4) is 0 Å². The number of aryl methyl sites for hydroxylation is 2. The lowest BCUT2D eigenvalue weighted by Crippen LogP contribution is -2.15. The monoisotopic (exact) mass is 353 g/mol. The van der Waals surface area contributed by atoms with Gasteiger partial charge in [-0.1, -0.05) is 35.9 Å². The molecule has 0 unspecified atom stereocenters. The molecule has 6 heteroatoms. The van der Waals surface area contributed by atoms with E-state index in [1.165, 1.54) is 17.5 Å². The van der Waals surface area contributed by atoms with E-state index in [1.807, 2.05) is 25.1 Å². The van der Waals surface area contributed by atoms with Crippen molar-refractivity contribution in [3.05, 3.63) is 65.5 Å². The zero-order valence-electron chi connectivity index (χ0n) is 14.2. The van der Waals surface area contributed by atoms with Crippen molar-refractivity contribution < 1.29 is 9.21 Å². The fourth-order valence-corrected chi connectivity index (χ4v) is 3.11. The van der Waals surface area contributed by atoms with Gasteiger partial charge >= 0.3 is 0 Å². The molecule has 1 heterocycles.